The number of hydrogen-bond donors (Lipinski definition) is 1. The largest absolute Gasteiger partial charge is 0.467 e. The van der Waals surface area contributed by atoms with Gasteiger partial charge in [-0.15, -0.1) is 0 Å². The van der Waals surface area contributed by atoms with Gasteiger partial charge in [-0.25, -0.2) is 4.79 Å². The van der Waals surface area contributed by atoms with E-state index in [1.54, 1.807) is 6.92 Å². The molecule has 25 heavy (non-hydrogen) atoms. The molecule has 0 saturated carbocycles. The molecule has 0 bridgehead atoms. The van der Waals surface area contributed by atoms with Gasteiger partial charge in [-0.2, -0.15) is 0 Å². The molecule has 2 rings (SSSR count). The number of ether oxygens (including phenoxy) is 3. The summed E-state index contributed by atoms with van der Waals surface area (Å²) in [6.07, 6.45) is -2.85. The second-order valence-electron chi connectivity index (χ2n) is 5.73. The highest BCUT2D eigenvalue weighted by atomic mass is 16.6. The Bertz CT molecular complexity index is 629. The summed E-state index contributed by atoms with van der Waals surface area (Å²) in [6.45, 7) is 2.24. The van der Waals surface area contributed by atoms with Crippen LogP contribution in [0, 0.1) is 0 Å². The summed E-state index contributed by atoms with van der Waals surface area (Å²) in [5, 5.41) is 10.5. The molecule has 2 aromatic carbocycles. The van der Waals surface area contributed by atoms with Crippen LogP contribution < -0.4 is 0 Å². The molecular formula is C20H24O5. The summed E-state index contributed by atoms with van der Waals surface area (Å²) >= 11 is 0. The molecule has 0 aliphatic rings. The Morgan fingerprint density at radius 1 is 0.920 bits per heavy atom. The number of hydrogen-bond acceptors (Lipinski definition) is 5. The predicted octanol–water partition coefficient (Wildman–Crippen LogP) is 2.71. The molecule has 0 amide bonds. The predicted molar refractivity (Wildman–Crippen MR) is 93.7 cm³/mol. The lowest BCUT2D eigenvalue weighted by molar-refractivity contribution is -0.172. The van der Waals surface area contributed by atoms with Gasteiger partial charge in [0.1, 0.15) is 6.10 Å². The van der Waals surface area contributed by atoms with Gasteiger partial charge in [0.2, 0.25) is 0 Å². The van der Waals surface area contributed by atoms with Crippen molar-refractivity contribution in [2.75, 3.05) is 7.11 Å². The van der Waals surface area contributed by atoms with Crippen LogP contribution in [0.25, 0.3) is 0 Å². The lowest BCUT2D eigenvalue weighted by atomic mass is 10.1. The van der Waals surface area contributed by atoms with Crippen LogP contribution in [0.1, 0.15) is 18.1 Å². The summed E-state index contributed by atoms with van der Waals surface area (Å²) < 4.78 is 16.0. The van der Waals surface area contributed by atoms with Crippen LogP contribution in [-0.2, 0) is 32.2 Å². The number of carbonyl (C=O) groups is 1. The van der Waals surface area contributed by atoms with Crippen LogP contribution in [0.3, 0.4) is 0 Å². The molecule has 0 radical (unpaired) electrons. The number of benzene rings is 2. The molecule has 0 aliphatic carbocycles. The normalized spacial score (nSPS) is 14.5. The van der Waals surface area contributed by atoms with E-state index in [0.717, 1.165) is 11.1 Å². The minimum Gasteiger partial charge on any atom is -0.467 e. The van der Waals surface area contributed by atoms with E-state index in [0.29, 0.717) is 6.61 Å². The summed E-state index contributed by atoms with van der Waals surface area (Å²) in [5.41, 5.74) is 1.89. The molecular weight excluding hydrogens is 320 g/mol. The van der Waals surface area contributed by atoms with Gasteiger partial charge >= 0.3 is 5.97 Å². The Kier molecular flexibility index (Phi) is 7.60. The van der Waals surface area contributed by atoms with Gasteiger partial charge in [0.15, 0.2) is 6.10 Å². The third-order valence-corrected chi connectivity index (χ3v) is 3.85. The highest BCUT2D eigenvalue weighted by molar-refractivity contribution is 5.75. The molecule has 0 aliphatic heterocycles. The van der Waals surface area contributed by atoms with E-state index >= 15 is 0 Å². The SMILES string of the molecule is COC(=O)[C@H](OCc1ccccc1)[C@@H](O)[C@H](C)OCc1ccccc1. The monoisotopic (exact) mass is 344 g/mol. The molecule has 134 valence electrons. The molecule has 0 aromatic heterocycles. The number of aliphatic hydroxyl groups excluding tert-OH is 1. The number of rotatable bonds is 9. The first-order valence-corrected chi connectivity index (χ1v) is 8.18. The Balaban J connectivity index is 1.94. The maximum absolute atomic E-state index is 12.0. The summed E-state index contributed by atoms with van der Waals surface area (Å²) in [6, 6.07) is 19.1. The van der Waals surface area contributed by atoms with E-state index in [1.807, 2.05) is 60.7 Å². The van der Waals surface area contributed by atoms with Crippen LogP contribution in [-0.4, -0.2) is 36.5 Å². The second-order valence-corrected chi connectivity index (χ2v) is 5.73. The van der Waals surface area contributed by atoms with E-state index in [1.165, 1.54) is 7.11 Å². The zero-order chi connectivity index (χ0) is 18.1. The van der Waals surface area contributed by atoms with Crippen molar-refractivity contribution >= 4 is 5.97 Å². The van der Waals surface area contributed by atoms with Gasteiger partial charge in [-0.3, -0.25) is 0 Å². The van der Waals surface area contributed by atoms with Gasteiger partial charge in [0.25, 0.3) is 0 Å². The Labute approximate surface area is 148 Å². The minimum atomic E-state index is -1.14. The first kappa shape index (κ1) is 19.1. The van der Waals surface area contributed by atoms with Gasteiger partial charge < -0.3 is 19.3 Å². The first-order valence-electron chi connectivity index (χ1n) is 8.18. The van der Waals surface area contributed by atoms with Crippen LogP contribution in [0.4, 0.5) is 0 Å². The minimum absolute atomic E-state index is 0.197. The topological polar surface area (TPSA) is 65.0 Å². The molecule has 0 spiro atoms. The van der Waals surface area contributed by atoms with Crippen molar-refractivity contribution in [3.8, 4) is 0 Å². The van der Waals surface area contributed by atoms with Crippen molar-refractivity contribution in [1.29, 1.82) is 0 Å². The van der Waals surface area contributed by atoms with Crippen molar-refractivity contribution in [2.24, 2.45) is 0 Å². The summed E-state index contributed by atoms with van der Waals surface area (Å²) in [5.74, 6) is -0.626. The van der Waals surface area contributed by atoms with E-state index < -0.39 is 24.3 Å². The molecule has 3 atom stereocenters. The molecule has 0 saturated heterocycles. The van der Waals surface area contributed by atoms with Gasteiger partial charge in [-0.1, -0.05) is 60.7 Å². The zero-order valence-corrected chi connectivity index (χ0v) is 14.5. The molecule has 2 aromatic rings. The second kappa shape index (κ2) is 9.93. The van der Waals surface area contributed by atoms with Gasteiger partial charge in [-0.05, 0) is 18.1 Å². The third kappa shape index (κ3) is 5.98. The molecule has 5 nitrogen and oxygen atoms in total. The maximum Gasteiger partial charge on any atom is 0.337 e. The van der Waals surface area contributed by atoms with Crippen molar-refractivity contribution in [1.82, 2.24) is 0 Å². The average molecular weight is 344 g/mol. The van der Waals surface area contributed by atoms with Crippen LogP contribution >= 0.6 is 0 Å². The maximum atomic E-state index is 12.0. The van der Waals surface area contributed by atoms with E-state index in [-0.39, 0.29) is 6.61 Å². The fraction of sp³-hybridized carbons (Fsp3) is 0.350. The van der Waals surface area contributed by atoms with Crippen LogP contribution in [0.2, 0.25) is 0 Å². The lowest BCUT2D eigenvalue weighted by Crippen LogP contribution is -2.44. The third-order valence-electron chi connectivity index (χ3n) is 3.85. The molecule has 5 heteroatoms. The first-order chi connectivity index (χ1) is 12.1. The van der Waals surface area contributed by atoms with Crippen molar-refractivity contribution in [3.05, 3.63) is 71.8 Å². The van der Waals surface area contributed by atoms with Crippen LogP contribution in [0.5, 0.6) is 0 Å². The zero-order valence-electron chi connectivity index (χ0n) is 14.5. The number of methoxy groups -OCH3 is 1. The Morgan fingerprint density at radius 3 is 1.88 bits per heavy atom. The van der Waals surface area contributed by atoms with E-state index in [2.05, 4.69) is 0 Å². The molecule has 0 heterocycles. The van der Waals surface area contributed by atoms with Crippen molar-refractivity contribution in [3.63, 3.8) is 0 Å². The smallest absolute Gasteiger partial charge is 0.337 e. The van der Waals surface area contributed by atoms with Gasteiger partial charge in [0, 0.05) is 0 Å². The fourth-order valence-electron chi connectivity index (χ4n) is 2.33. The standard InChI is InChI=1S/C20H24O5/c1-15(24-13-16-9-5-3-6-10-16)18(21)19(20(22)23-2)25-14-17-11-7-4-8-12-17/h3-12,15,18-19,21H,13-14H2,1-2H3/t15-,18-,19+/m0/s1. The van der Waals surface area contributed by atoms with Crippen LogP contribution in [0.15, 0.2) is 60.7 Å². The fourth-order valence-corrected chi connectivity index (χ4v) is 2.33. The lowest BCUT2D eigenvalue weighted by Gasteiger charge is -2.26. The van der Waals surface area contributed by atoms with Crippen molar-refractivity contribution < 1.29 is 24.1 Å². The molecule has 1 N–H and O–H groups in total. The number of esters is 1. The Morgan fingerprint density at radius 2 is 1.40 bits per heavy atom. The molecule has 0 fully saturated rings. The Hall–Kier alpha value is -2.21. The van der Waals surface area contributed by atoms with Crippen molar-refractivity contribution in [2.45, 2.75) is 38.4 Å². The van der Waals surface area contributed by atoms with Gasteiger partial charge in [0.05, 0.1) is 26.4 Å². The summed E-state index contributed by atoms with van der Waals surface area (Å²) in [4.78, 5) is 12.0. The van der Waals surface area contributed by atoms with E-state index in [9.17, 15) is 9.90 Å². The highest BCUT2D eigenvalue weighted by Gasteiger charge is 2.33. The number of carbonyl (C=O) groups excluding carboxylic acids is 1. The molecule has 0 unspecified atom stereocenters. The van der Waals surface area contributed by atoms with E-state index in [4.69, 9.17) is 14.2 Å². The summed E-state index contributed by atoms with van der Waals surface area (Å²) in [7, 11) is 1.27. The quantitative estimate of drug-likeness (QED) is 0.709. The number of aliphatic hydroxyl groups is 1. The highest BCUT2D eigenvalue weighted by Crippen LogP contribution is 2.14. The average Bonchev–Trinajstić information content (AvgIpc) is 2.67.